The van der Waals surface area contributed by atoms with Gasteiger partial charge in [0, 0.05) is 0 Å². The van der Waals surface area contributed by atoms with E-state index in [0.29, 0.717) is 0 Å². The minimum atomic E-state index is -0.668. The van der Waals surface area contributed by atoms with Gasteiger partial charge in [-0.2, -0.15) is 4.79 Å². The van der Waals surface area contributed by atoms with Crippen LogP contribution in [0.4, 0.5) is 0 Å². The van der Waals surface area contributed by atoms with Gasteiger partial charge in [0.25, 0.3) is 0 Å². The molecule has 0 atom stereocenters. The van der Waals surface area contributed by atoms with Crippen molar-refractivity contribution in [2.45, 2.75) is 6.61 Å². The second-order valence-electron chi connectivity index (χ2n) is 5.43. The second kappa shape index (κ2) is 5.20. The van der Waals surface area contributed by atoms with Crippen molar-refractivity contribution in [2.75, 3.05) is 0 Å². The average molecular weight is 300 g/mol. The Balaban J connectivity index is 1.93. The highest BCUT2D eigenvalue weighted by atomic mass is 16.5. The van der Waals surface area contributed by atoms with Gasteiger partial charge in [-0.1, -0.05) is 54.6 Å². The van der Waals surface area contributed by atoms with E-state index in [1.165, 1.54) is 21.5 Å². The maximum atomic E-state index is 11.4. The summed E-state index contributed by atoms with van der Waals surface area (Å²) in [4.78, 5) is 14.0. The molecular formula is C19H12N2O2. The highest BCUT2D eigenvalue weighted by Crippen LogP contribution is 2.35. The van der Waals surface area contributed by atoms with Crippen LogP contribution in [0.1, 0.15) is 5.56 Å². The van der Waals surface area contributed by atoms with E-state index in [1.54, 1.807) is 0 Å². The van der Waals surface area contributed by atoms with E-state index < -0.39 is 5.97 Å². The number of carbonyl (C=O) groups is 1. The fraction of sp³-hybridized carbons (Fsp3) is 0.0526. The first-order chi connectivity index (χ1) is 11.3. The molecule has 0 amide bonds. The van der Waals surface area contributed by atoms with Gasteiger partial charge in [-0.05, 0) is 37.9 Å². The van der Waals surface area contributed by atoms with Crippen LogP contribution in [0, 0.1) is 0 Å². The molecule has 4 aromatic rings. The number of hydrogen-bond donors (Lipinski definition) is 0. The molecule has 0 radical (unpaired) electrons. The van der Waals surface area contributed by atoms with Crippen LogP contribution in [-0.4, -0.2) is 17.0 Å². The van der Waals surface area contributed by atoms with E-state index in [-0.39, 0.29) is 6.61 Å². The Labute approximate surface area is 131 Å². The third-order valence-electron chi connectivity index (χ3n) is 4.15. The van der Waals surface area contributed by atoms with Gasteiger partial charge in [0.2, 0.25) is 0 Å². The Morgan fingerprint density at radius 3 is 2.35 bits per heavy atom. The van der Waals surface area contributed by atoms with Gasteiger partial charge < -0.3 is 10.3 Å². The summed E-state index contributed by atoms with van der Waals surface area (Å²) < 4.78 is 5.11. The monoisotopic (exact) mass is 300 g/mol. The van der Waals surface area contributed by atoms with Crippen LogP contribution in [0.2, 0.25) is 0 Å². The maximum absolute atomic E-state index is 11.4. The molecular weight excluding hydrogens is 288 g/mol. The van der Waals surface area contributed by atoms with Crippen LogP contribution in [0.5, 0.6) is 0 Å². The van der Waals surface area contributed by atoms with E-state index in [4.69, 9.17) is 10.3 Å². The van der Waals surface area contributed by atoms with Crippen molar-refractivity contribution in [3.63, 3.8) is 0 Å². The minimum Gasteiger partial charge on any atom is -0.452 e. The predicted molar refractivity (Wildman–Crippen MR) is 89.6 cm³/mol. The molecule has 4 nitrogen and oxygen atoms in total. The van der Waals surface area contributed by atoms with Crippen molar-refractivity contribution in [3.8, 4) is 0 Å². The second-order valence-corrected chi connectivity index (χ2v) is 5.43. The number of nitrogens with zero attached hydrogens (tertiary/aromatic N) is 2. The van der Waals surface area contributed by atoms with E-state index >= 15 is 0 Å². The molecule has 0 fully saturated rings. The molecule has 0 aliphatic heterocycles. The predicted octanol–water partition coefficient (Wildman–Crippen LogP) is 3.93. The van der Waals surface area contributed by atoms with Crippen LogP contribution >= 0.6 is 0 Å². The van der Waals surface area contributed by atoms with Crippen molar-refractivity contribution < 1.29 is 14.3 Å². The normalized spacial score (nSPS) is 11.0. The zero-order valence-corrected chi connectivity index (χ0v) is 12.2. The molecule has 0 saturated heterocycles. The van der Waals surface area contributed by atoms with Crippen molar-refractivity contribution >= 4 is 44.5 Å². The zero-order valence-electron chi connectivity index (χ0n) is 12.2. The van der Waals surface area contributed by atoms with Gasteiger partial charge in [-0.25, -0.2) is 4.79 Å². The van der Waals surface area contributed by atoms with Gasteiger partial charge >= 0.3 is 12.2 Å². The summed E-state index contributed by atoms with van der Waals surface area (Å²) in [7, 11) is 0. The number of ether oxygens (including phenoxy) is 1. The van der Waals surface area contributed by atoms with E-state index in [1.807, 2.05) is 12.1 Å². The Bertz CT molecular complexity index is 1080. The molecule has 4 heteroatoms. The molecule has 4 rings (SSSR count). The van der Waals surface area contributed by atoms with Crippen LogP contribution in [0.15, 0.2) is 54.6 Å². The first-order valence-electron chi connectivity index (χ1n) is 7.27. The van der Waals surface area contributed by atoms with Crippen molar-refractivity contribution in [1.29, 1.82) is 0 Å². The van der Waals surface area contributed by atoms with Crippen LogP contribution in [-0.2, 0) is 16.1 Å². The largest absolute Gasteiger partial charge is 0.452 e. The summed E-state index contributed by atoms with van der Waals surface area (Å²) in [5, 5.41) is 7.04. The number of rotatable bonds is 3. The molecule has 110 valence electrons. The number of benzene rings is 4. The quantitative estimate of drug-likeness (QED) is 0.189. The molecule has 0 aromatic heterocycles. The molecule has 4 aromatic carbocycles. The first kappa shape index (κ1) is 13.4. The molecule has 23 heavy (non-hydrogen) atoms. The van der Waals surface area contributed by atoms with Gasteiger partial charge in [0.1, 0.15) is 6.61 Å². The molecule has 0 aliphatic rings. The molecule has 0 heterocycles. The van der Waals surface area contributed by atoms with Crippen LogP contribution in [0.3, 0.4) is 0 Å². The molecule has 0 N–H and O–H groups in total. The molecule has 0 aliphatic carbocycles. The number of carbonyl (C=O) groups excluding carboxylic acids is 1. The van der Waals surface area contributed by atoms with Crippen molar-refractivity contribution in [3.05, 3.63) is 65.7 Å². The molecule has 0 saturated carbocycles. The SMILES string of the molecule is [N-]=[N+]=CC(=O)OCc1ccc2ccc3cccc4ccc1c2c34. The van der Waals surface area contributed by atoms with E-state index in [9.17, 15) is 4.79 Å². The van der Waals surface area contributed by atoms with E-state index in [2.05, 4.69) is 47.3 Å². The smallest absolute Gasteiger partial charge is 0.413 e. The lowest BCUT2D eigenvalue weighted by Crippen LogP contribution is -2.06. The highest BCUT2D eigenvalue weighted by molar-refractivity contribution is 6.23. The van der Waals surface area contributed by atoms with Crippen LogP contribution in [0.25, 0.3) is 37.8 Å². The molecule has 0 spiro atoms. The van der Waals surface area contributed by atoms with Gasteiger partial charge in [0.05, 0.1) is 0 Å². The van der Waals surface area contributed by atoms with Gasteiger partial charge in [-0.15, -0.1) is 0 Å². The summed E-state index contributed by atoms with van der Waals surface area (Å²) in [6, 6.07) is 18.6. The summed E-state index contributed by atoms with van der Waals surface area (Å²) >= 11 is 0. The van der Waals surface area contributed by atoms with Crippen molar-refractivity contribution in [1.82, 2.24) is 0 Å². The molecule has 0 bridgehead atoms. The lowest BCUT2D eigenvalue weighted by molar-refractivity contribution is -0.140. The fourth-order valence-electron chi connectivity index (χ4n) is 3.15. The topological polar surface area (TPSA) is 62.7 Å². The Morgan fingerprint density at radius 1 is 0.957 bits per heavy atom. The summed E-state index contributed by atoms with van der Waals surface area (Å²) in [6.45, 7) is 0.138. The van der Waals surface area contributed by atoms with Gasteiger partial charge in [-0.3, -0.25) is 0 Å². The van der Waals surface area contributed by atoms with Gasteiger partial charge in [0.15, 0.2) is 0 Å². The summed E-state index contributed by atoms with van der Waals surface area (Å²) in [5.74, 6) is -0.668. The first-order valence-corrected chi connectivity index (χ1v) is 7.27. The lowest BCUT2D eigenvalue weighted by Gasteiger charge is -2.13. The lowest BCUT2D eigenvalue weighted by atomic mass is 9.92. The zero-order chi connectivity index (χ0) is 15.8. The Morgan fingerprint density at radius 2 is 1.61 bits per heavy atom. The Hall–Kier alpha value is -3.23. The van der Waals surface area contributed by atoms with Crippen LogP contribution < -0.4 is 0 Å². The average Bonchev–Trinajstić information content (AvgIpc) is 2.58. The molecule has 0 unspecified atom stereocenters. The van der Waals surface area contributed by atoms with Crippen molar-refractivity contribution in [2.24, 2.45) is 0 Å². The highest BCUT2D eigenvalue weighted by Gasteiger charge is 2.12. The maximum Gasteiger partial charge on any atom is 0.413 e. The summed E-state index contributed by atoms with van der Waals surface area (Å²) in [5.41, 5.74) is 9.29. The van der Waals surface area contributed by atoms with E-state index in [0.717, 1.165) is 22.6 Å². The number of hydrogen-bond acceptors (Lipinski definition) is 2. The third kappa shape index (κ3) is 2.13. The fourth-order valence-corrected chi connectivity index (χ4v) is 3.15. The standard InChI is InChI=1S/C19H12N2O2/c20-21-10-17(22)23-11-15-7-6-14-5-4-12-2-1-3-13-8-9-16(15)19(14)18(12)13/h1-10H,11H2. The number of esters is 1. The summed E-state index contributed by atoms with van der Waals surface area (Å²) in [6.07, 6.45) is 0.746. The Kier molecular flexibility index (Phi) is 3.04. The third-order valence-corrected chi connectivity index (χ3v) is 4.15. The minimum absolute atomic E-state index is 0.138.